The molecule has 1 amide bonds. The summed E-state index contributed by atoms with van der Waals surface area (Å²) in [5.74, 6) is -0.0649. The van der Waals surface area contributed by atoms with Crippen LogP contribution in [0.4, 0.5) is 0 Å². The number of hydrogen-bond donors (Lipinski definition) is 1. The maximum atomic E-state index is 11.6. The molecule has 0 saturated carbocycles. The van der Waals surface area contributed by atoms with Gasteiger partial charge in [0.25, 0.3) is 0 Å². The third kappa shape index (κ3) is 5.13. The SMILES string of the molecule is CCOCCCC(=O)NC(C#N)(CC)CC. The molecule has 0 aliphatic heterocycles. The van der Waals surface area contributed by atoms with E-state index < -0.39 is 5.54 Å². The summed E-state index contributed by atoms with van der Waals surface area (Å²) in [5.41, 5.74) is -0.692. The van der Waals surface area contributed by atoms with Crippen LogP contribution in [0.3, 0.4) is 0 Å². The Kier molecular flexibility index (Phi) is 7.57. The van der Waals surface area contributed by atoms with Crippen molar-refractivity contribution >= 4 is 5.91 Å². The Bertz CT molecular complexity index is 242. The Morgan fingerprint density at radius 1 is 1.38 bits per heavy atom. The van der Waals surface area contributed by atoms with Gasteiger partial charge in [0.2, 0.25) is 5.91 Å². The molecule has 0 fully saturated rings. The van der Waals surface area contributed by atoms with Crippen LogP contribution in [0.15, 0.2) is 0 Å². The molecule has 1 N–H and O–H groups in total. The second-order valence-corrected chi connectivity index (χ2v) is 3.75. The molecule has 0 atom stereocenters. The molecule has 0 aliphatic rings. The van der Waals surface area contributed by atoms with Gasteiger partial charge in [0, 0.05) is 19.6 Å². The first-order valence-corrected chi connectivity index (χ1v) is 5.94. The van der Waals surface area contributed by atoms with Gasteiger partial charge in [-0.1, -0.05) is 13.8 Å². The van der Waals surface area contributed by atoms with E-state index in [1.54, 1.807) is 0 Å². The molecule has 0 radical (unpaired) electrons. The van der Waals surface area contributed by atoms with Gasteiger partial charge in [-0.15, -0.1) is 0 Å². The number of carbonyl (C=O) groups is 1. The standard InChI is InChI=1S/C12H22N2O2/c1-4-12(5-2,10-13)14-11(15)8-7-9-16-6-3/h4-9H2,1-3H3,(H,14,15). The Hall–Kier alpha value is -1.08. The average Bonchev–Trinajstić information content (AvgIpc) is 2.32. The second-order valence-electron chi connectivity index (χ2n) is 3.75. The number of nitrogens with zero attached hydrogens (tertiary/aromatic N) is 1. The number of amides is 1. The minimum absolute atomic E-state index is 0.0649. The largest absolute Gasteiger partial charge is 0.382 e. The summed E-state index contributed by atoms with van der Waals surface area (Å²) in [6, 6.07) is 2.18. The van der Waals surface area contributed by atoms with Crippen LogP contribution in [-0.4, -0.2) is 24.7 Å². The minimum Gasteiger partial charge on any atom is -0.382 e. The van der Waals surface area contributed by atoms with Crippen LogP contribution in [0, 0.1) is 11.3 Å². The maximum absolute atomic E-state index is 11.6. The zero-order valence-corrected chi connectivity index (χ0v) is 10.5. The normalized spacial score (nSPS) is 10.9. The first-order valence-electron chi connectivity index (χ1n) is 5.94. The van der Waals surface area contributed by atoms with Crippen LogP contribution in [0.2, 0.25) is 0 Å². The van der Waals surface area contributed by atoms with E-state index in [-0.39, 0.29) is 5.91 Å². The number of ether oxygens (including phenoxy) is 1. The molecule has 92 valence electrons. The van der Waals surface area contributed by atoms with Crippen LogP contribution in [0.25, 0.3) is 0 Å². The van der Waals surface area contributed by atoms with Gasteiger partial charge < -0.3 is 10.1 Å². The summed E-state index contributed by atoms with van der Waals surface area (Å²) in [6.45, 7) is 7.02. The number of hydrogen-bond acceptors (Lipinski definition) is 3. The summed E-state index contributed by atoms with van der Waals surface area (Å²) < 4.78 is 5.15. The molecule has 16 heavy (non-hydrogen) atoms. The van der Waals surface area contributed by atoms with Crippen molar-refractivity contribution in [3.05, 3.63) is 0 Å². The van der Waals surface area contributed by atoms with E-state index in [9.17, 15) is 4.79 Å². The molecular weight excluding hydrogens is 204 g/mol. The van der Waals surface area contributed by atoms with Crippen molar-refractivity contribution in [2.75, 3.05) is 13.2 Å². The van der Waals surface area contributed by atoms with Crippen molar-refractivity contribution in [2.24, 2.45) is 0 Å². The summed E-state index contributed by atoms with van der Waals surface area (Å²) in [5, 5.41) is 11.8. The van der Waals surface area contributed by atoms with E-state index in [1.807, 2.05) is 20.8 Å². The van der Waals surface area contributed by atoms with E-state index in [0.717, 1.165) is 0 Å². The quantitative estimate of drug-likeness (QED) is 0.644. The zero-order chi connectivity index (χ0) is 12.4. The van der Waals surface area contributed by atoms with E-state index in [0.29, 0.717) is 38.9 Å². The summed E-state index contributed by atoms with van der Waals surface area (Å²) in [6.07, 6.45) is 2.40. The molecule has 0 aliphatic carbocycles. The van der Waals surface area contributed by atoms with Crippen LogP contribution < -0.4 is 5.32 Å². The first kappa shape index (κ1) is 14.9. The molecule has 0 spiro atoms. The van der Waals surface area contributed by atoms with Crippen LogP contribution in [0.1, 0.15) is 46.5 Å². The second kappa shape index (κ2) is 8.12. The molecule has 0 unspecified atom stereocenters. The number of nitrogens with one attached hydrogen (secondary N) is 1. The summed E-state index contributed by atoms with van der Waals surface area (Å²) in [7, 11) is 0. The van der Waals surface area contributed by atoms with Gasteiger partial charge in [-0.2, -0.15) is 5.26 Å². The van der Waals surface area contributed by atoms with Crippen LogP contribution in [-0.2, 0) is 9.53 Å². The summed E-state index contributed by atoms with van der Waals surface area (Å²) in [4.78, 5) is 11.6. The smallest absolute Gasteiger partial charge is 0.221 e. The lowest BCUT2D eigenvalue weighted by Gasteiger charge is -2.24. The molecule has 0 bridgehead atoms. The number of carbonyl (C=O) groups excluding carboxylic acids is 1. The molecule has 0 aromatic heterocycles. The highest BCUT2D eigenvalue weighted by Gasteiger charge is 2.27. The van der Waals surface area contributed by atoms with Gasteiger partial charge in [0.1, 0.15) is 5.54 Å². The fourth-order valence-corrected chi connectivity index (χ4v) is 1.42. The Balaban J connectivity index is 3.98. The van der Waals surface area contributed by atoms with Gasteiger partial charge >= 0.3 is 0 Å². The Morgan fingerprint density at radius 2 is 2.00 bits per heavy atom. The highest BCUT2D eigenvalue weighted by molar-refractivity contribution is 5.77. The maximum Gasteiger partial charge on any atom is 0.221 e. The highest BCUT2D eigenvalue weighted by atomic mass is 16.5. The Morgan fingerprint density at radius 3 is 2.44 bits per heavy atom. The molecule has 4 nitrogen and oxygen atoms in total. The lowest BCUT2D eigenvalue weighted by atomic mass is 9.94. The van der Waals surface area contributed by atoms with E-state index >= 15 is 0 Å². The van der Waals surface area contributed by atoms with Gasteiger partial charge in [0.05, 0.1) is 6.07 Å². The fraction of sp³-hybridized carbons (Fsp3) is 0.833. The molecule has 0 rings (SSSR count). The number of nitriles is 1. The van der Waals surface area contributed by atoms with Crippen molar-refractivity contribution < 1.29 is 9.53 Å². The molecule has 0 heterocycles. The number of rotatable bonds is 8. The van der Waals surface area contributed by atoms with Crippen molar-refractivity contribution in [1.82, 2.24) is 5.32 Å². The predicted molar refractivity (Wildman–Crippen MR) is 62.8 cm³/mol. The van der Waals surface area contributed by atoms with E-state index in [2.05, 4.69) is 11.4 Å². The van der Waals surface area contributed by atoms with Gasteiger partial charge in [-0.05, 0) is 26.2 Å². The average molecular weight is 226 g/mol. The molecular formula is C12H22N2O2. The first-order chi connectivity index (χ1) is 7.64. The molecule has 0 saturated heterocycles. The van der Waals surface area contributed by atoms with Crippen LogP contribution >= 0.6 is 0 Å². The molecule has 0 aromatic carbocycles. The van der Waals surface area contributed by atoms with Crippen molar-refractivity contribution in [2.45, 2.75) is 52.0 Å². The van der Waals surface area contributed by atoms with Gasteiger partial charge in [0.15, 0.2) is 0 Å². The molecule has 4 heteroatoms. The summed E-state index contributed by atoms with van der Waals surface area (Å²) >= 11 is 0. The Labute approximate surface area is 98.0 Å². The highest BCUT2D eigenvalue weighted by Crippen LogP contribution is 2.13. The van der Waals surface area contributed by atoms with Crippen LogP contribution in [0.5, 0.6) is 0 Å². The third-order valence-corrected chi connectivity index (χ3v) is 2.70. The minimum atomic E-state index is -0.692. The van der Waals surface area contributed by atoms with Crippen molar-refractivity contribution in [3.8, 4) is 6.07 Å². The van der Waals surface area contributed by atoms with Gasteiger partial charge in [-0.25, -0.2) is 0 Å². The van der Waals surface area contributed by atoms with Crippen molar-refractivity contribution in [3.63, 3.8) is 0 Å². The van der Waals surface area contributed by atoms with E-state index in [4.69, 9.17) is 10.00 Å². The lowest BCUT2D eigenvalue weighted by Crippen LogP contribution is -2.46. The zero-order valence-electron chi connectivity index (χ0n) is 10.5. The van der Waals surface area contributed by atoms with Gasteiger partial charge in [-0.3, -0.25) is 4.79 Å². The third-order valence-electron chi connectivity index (χ3n) is 2.70. The van der Waals surface area contributed by atoms with Crippen molar-refractivity contribution in [1.29, 1.82) is 5.26 Å². The fourth-order valence-electron chi connectivity index (χ4n) is 1.42. The molecule has 0 aromatic rings. The monoisotopic (exact) mass is 226 g/mol. The van der Waals surface area contributed by atoms with E-state index in [1.165, 1.54) is 0 Å². The lowest BCUT2D eigenvalue weighted by molar-refractivity contribution is -0.122. The topological polar surface area (TPSA) is 62.1 Å². The predicted octanol–water partition coefficient (Wildman–Crippen LogP) is 2.00.